The van der Waals surface area contributed by atoms with Gasteiger partial charge < -0.3 is 24.5 Å². The number of thioether (sulfide) groups is 1. The van der Waals surface area contributed by atoms with Gasteiger partial charge >= 0.3 is 0 Å². The summed E-state index contributed by atoms with van der Waals surface area (Å²) in [6, 6.07) is 8.87. The number of likely N-dealkylation sites (tertiary alicyclic amines) is 1. The molecule has 0 saturated carbocycles. The van der Waals surface area contributed by atoms with Gasteiger partial charge in [0.05, 0.1) is 29.8 Å². The predicted molar refractivity (Wildman–Crippen MR) is 170 cm³/mol. The summed E-state index contributed by atoms with van der Waals surface area (Å²) in [6.45, 7) is 15.4. The minimum atomic E-state index is -0.683. The summed E-state index contributed by atoms with van der Waals surface area (Å²) in [5.41, 5.74) is 0.774. The second-order valence-corrected chi connectivity index (χ2v) is 14.2. The van der Waals surface area contributed by atoms with Crippen LogP contribution in [0.1, 0.15) is 32.6 Å². The molecule has 4 saturated heterocycles. The molecule has 4 fully saturated rings. The summed E-state index contributed by atoms with van der Waals surface area (Å²) in [5, 5.41) is 9.50. The smallest absolute Gasteiger partial charge is 0.247 e. The van der Waals surface area contributed by atoms with E-state index in [1.54, 1.807) is 33.7 Å². The SMILES string of the molecule is C=CCN(CCN1CCOCC1)C(=O)C1N(CCCCO)C(=O)[C@@H]2[C@H](C(=O)N(CC=C)c3ccccc3)[C@]3(C)CCC12S3. The third-order valence-corrected chi connectivity index (χ3v) is 11.7. The Balaban J connectivity index is 1.48. The molecule has 3 amide bonds. The van der Waals surface area contributed by atoms with E-state index in [2.05, 4.69) is 25.0 Å². The van der Waals surface area contributed by atoms with Crippen molar-refractivity contribution in [1.29, 1.82) is 0 Å². The zero-order chi connectivity index (χ0) is 30.6. The first kappa shape index (κ1) is 31.8. The van der Waals surface area contributed by atoms with Crippen molar-refractivity contribution in [3.05, 3.63) is 55.6 Å². The number of aliphatic hydroxyl groups is 1. The molecular formula is C33H46N4O5S. The highest BCUT2D eigenvalue weighted by Gasteiger charge is 2.77. The van der Waals surface area contributed by atoms with Gasteiger partial charge in [-0.15, -0.1) is 24.9 Å². The molecule has 1 aromatic carbocycles. The van der Waals surface area contributed by atoms with E-state index in [1.807, 2.05) is 35.2 Å². The second-order valence-electron chi connectivity index (χ2n) is 12.3. The molecular weight excluding hydrogens is 564 g/mol. The van der Waals surface area contributed by atoms with Gasteiger partial charge in [-0.1, -0.05) is 30.4 Å². The first-order valence-electron chi connectivity index (χ1n) is 15.6. The zero-order valence-corrected chi connectivity index (χ0v) is 26.2. The first-order chi connectivity index (χ1) is 20.8. The Bertz CT molecular complexity index is 1190. The Morgan fingerprint density at radius 3 is 2.47 bits per heavy atom. The molecule has 4 heterocycles. The maximum absolute atomic E-state index is 14.6. The fourth-order valence-electron chi connectivity index (χ4n) is 7.65. The van der Waals surface area contributed by atoms with E-state index in [1.165, 1.54) is 0 Å². The van der Waals surface area contributed by atoms with Gasteiger partial charge in [-0.2, -0.15) is 0 Å². The third-order valence-electron chi connectivity index (χ3n) is 9.68. The number of rotatable bonds is 14. The maximum atomic E-state index is 14.6. The molecule has 4 aliphatic heterocycles. The van der Waals surface area contributed by atoms with Crippen LogP contribution in [0.15, 0.2) is 55.6 Å². The fraction of sp³-hybridized carbons (Fsp3) is 0.606. The van der Waals surface area contributed by atoms with Gasteiger partial charge in [-0.3, -0.25) is 19.3 Å². The Morgan fingerprint density at radius 1 is 1.07 bits per heavy atom. The number of amides is 3. The Morgan fingerprint density at radius 2 is 1.79 bits per heavy atom. The first-order valence-corrected chi connectivity index (χ1v) is 16.4. The van der Waals surface area contributed by atoms with E-state index in [9.17, 15) is 19.5 Å². The van der Waals surface area contributed by atoms with Gasteiger partial charge in [-0.05, 0) is 44.7 Å². The quantitative estimate of drug-likeness (QED) is 0.256. The van der Waals surface area contributed by atoms with Crippen molar-refractivity contribution in [2.45, 2.75) is 48.1 Å². The van der Waals surface area contributed by atoms with Crippen molar-refractivity contribution in [3.63, 3.8) is 0 Å². The normalized spacial score (nSPS) is 29.9. The summed E-state index contributed by atoms with van der Waals surface area (Å²) in [5.74, 6) is -1.40. The Hall–Kier alpha value is -2.66. The predicted octanol–water partition coefficient (Wildman–Crippen LogP) is 2.81. The molecule has 234 valence electrons. The lowest BCUT2D eigenvalue weighted by Gasteiger charge is -2.38. The summed E-state index contributed by atoms with van der Waals surface area (Å²) in [6.07, 6.45) is 6.08. The minimum Gasteiger partial charge on any atom is -0.396 e. The number of nitrogens with zero attached hydrogens (tertiary/aromatic N) is 4. The van der Waals surface area contributed by atoms with Crippen molar-refractivity contribution in [2.24, 2.45) is 11.8 Å². The fourth-order valence-corrected chi connectivity index (χ4v) is 9.99. The van der Waals surface area contributed by atoms with Crippen molar-refractivity contribution < 1.29 is 24.2 Å². The number of anilines is 1. The van der Waals surface area contributed by atoms with Crippen LogP contribution in [0.4, 0.5) is 5.69 Å². The monoisotopic (exact) mass is 610 g/mol. The summed E-state index contributed by atoms with van der Waals surface area (Å²) >= 11 is 1.70. The molecule has 0 aliphatic carbocycles. The number of para-hydroxylation sites is 1. The van der Waals surface area contributed by atoms with E-state index >= 15 is 0 Å². The Labute approximate surface area is 259 Å². The van der Waals surface area contributed by atoms with Crippen molar-refractivity contribution in [1.82, 2.24) is 14.7 Å². The number of ether oxygens (including phenoxy) is 1. The molecule has 0 aromatic heterocycles. The van der Waals surface area contributed by atoms with Crippen LogP contribution in [0.5, 0.6) is 0 Å². The summed E-state index contributed by atoms with van der Waals surface area (Å²) in [7, 11) is 0. The van der Waals surface area contributed by atoms with Gasteiger partial charge in [0, 0.05) is 62.9 Å². The number of hydrogen-bond donors (Lipinski definition) is 1. The average Bonchev–Trinajstić information content (AvgIpc) is 3.59. The van der Waals surface area contributed by atoms with Crippen LogP contribution in [0.25, 0.3) is 0 Å². The van der Waals surface area contributed by atoms with Crippen LogP contribution in [0, 0.1) is 11.8 Å². The van der Waals surface area contributed by atoms with Gasteiger partial charge in [0.1, 0.15) is 6.04 Å². The maximum Gasteiger partial charge on any atom is 0.247 e. The van der Waals surface area contributed by atoms with Gasteiger partial charge in [-0.25, -0.2) is 0 Å². The van der Waals surface area contributed by atoms with Crippen LogP contribution in [0.2, 0.25) is 0 Å². The van der Waals surface area contributed by atoms with E-state index < -0.39 is 27.4 Å². The molecule has 2 bridgehead atoms. The number of aliphatic hydroxyl groups excluding tert-OH is 1. The van der Waals surface area contributed by atoms with Crippen LogP contribution in [-0.2, 0) is 19.1 Å². The Kier molecular flexibility index (Phi) is 10.0. The molecule has 4 aliphatic rings. The molecule has 5 rings (SSSR count). The average molecular weight is 611 g/mol. The molecule has 1 spiro atoms. The molecule has 1 N–H and O–H groups in total. The van der Waals surface area contributed by atoms with E-state index in [0.717, 1.165) is 31.7 Å². The molecule has 1 aromatic rings. The standard InChI is InChI=1S/C33H46N4O5S/c1-4-15-35(19-18-34-20-23-42-24-21-34)31(41)28-33-14-13-32(3,43-33)26(27(33)30(40)37(28)17-9-10-22-38)29(39)36(16-5-2)25-11-7-6-8-12-25/h4-8,11-12,26-28,38H,1-2,9-10,13-24H2,3H3/t26-,27+,28?,32+,33?/m1/s1. The number of carbonyl (C=O) groups excluding carboxylic acids is 3. The molecule has 0 radical (unpaired) electrons. The number of morpholine rings is 1. The van der Waals surface area contributed by atoms with Gasteiger partial charge in [0.25, 0.3) is 0 Å². The van der Waals surface area contributed by atoms with E-state index in [-0.39, 0.29) is 24.3 Å². The third kappa shape index (κ3) is 5.91. The van der Waals surface area contributed by atoms with Gasteiger partial charge in [0.2, 0.25) is 17.7 Å². The lowest BCUT2D eigenvalue weighted by atomic mass is 9.66. The number of benzene rings is 1. The summed E-state index contributed by atoms with van der Waals surface area (Å²) in [4.78, 5) is 51.3. The van der Waals surface area contributed by atoms with Crippen molar-refractivity contribution >= 4 is 35.2 Å². The number of carbonyl (C=O) groups is 3. The number of unbranched alkanes of at least 4 members (excludes halogenated alkanes) is 1. The largest absolute Gasteiger partial charge is 0.396 e. The second kappa shape index (κ2) is 13.5. The molecule has 5 atom stereocenters. The molecule has 2 unspecified atom stereocenters. The molecule has 9 nitrogen and oxygen atoms in total. The lowest BCUT2D eigenvalue weighted by Crippen LogP contribution is -2.56. The van der Waals surface area contributed by atoms with Crippen LogP contribution in [0.3, 0.4) is 0 Å². The molecule has 10 heteroatoms. The van der Waals surface area contributed by atoms with E-state index in [0.29, 0.717) is 58.7 Å². The topological polar surface area (TPSA) is 93.6 Å². The highest BCUT2D eigenvalue weighted by Crippen LogP contribution is 2.71. The number of fused-ring (bicyclic) bond motifs is 1. The highest BCUT2D eigenvalue weighted by atomic mass is 32.2. The van der Waals surface area contributed by atoms with Crippen molar-refractivity contribution in [3.8, 4) is 0 Å². The van der Waals surface area contributed by atoms with Crippen molar-refractivity contribution in [2.75, 3.05) is 70.5 Å². The minimum absolute atomic E-state index is 0.0267. The van der Waals surface area contributed by atoms with E-state index in [4.69, 9.17) is 4.74 Å². The van der Waals surface area contributed by atoms with Crippen LogP contribution < -0.4 is 4.90 Å². The van der Waals surface area contributed by atoms with Crippen LogP contribution in [-0.4, -0.2) is 119 Å². The number of hydrogen-bond acceptors (Lipinski definition) is 7. The van der Waals surface area contributed by atoms with Crippen LogP contribution >= 0.6 is 11.8 Å². The van der Waals surface area contributed by atoms with Gasteiger partial charge in [0.15, 0.2) is 0 Å². The summed E-state index contributed by atoms with van der Waals surface area (Å²) < 4.78 is 4.35. The zero-order valence-electron chi connectivity index (χ0n) is 25.4. The highest BCUT2D eigenvalue weighted by molar-refractivity contribution is 8.02. The molecule has 43 heavy (non-hydrogen) atoms. The lowest BCUT2D eigenvalue weighted by molar-refractivity contribution is -0.143.